The highest BCUT2D eigenvalue weighted by Gasteiger charge is 2.25. The number of carbonyl (C=O) groups excluding carboxylic acids is 1. The predicted molar refractivity (Wildman–Crippen MR) is 110 cm³/mol. The zero-order valence-corrected chi connectivity index (χ0v) is 16.7. The molecule has 1 heterocycles. The number of carbonyl (C=O) groups is 1. The number of rotatable bonds is 5. The minimum Gasteiger partial charge on any atom is -0.494 e. The summed E-state index contributed by atoms with van der Waals surface area (Å²) in [4.78, 5) is 25.8. The van der Waals surface area contributed by atoms with E-state index in [0.717, 1.165) is 10.1 Å². The molecule has 5 nitrogen and oxygen atoms in total. The average Bonchev–Trinajstić information content (AvgIpc) is 2.69. The molecule has 0 aliphatic rings. The van der Waals surface area contributed by atoms with Gasteiger partial charge in [0.1, 0.15) is 11.6 Å². The molecule has 1 aromatic heterocycles. The summed E-state index contributed by atoms with van der Waals surface area (Å²) in [6.45, 7) is 1.66. The molecule has 0 amide bonds. The van der Waals surface area contributed by atoms with Crippen molar-refractivity contribution in [1.29, 1.82) is 5.26 Å². The van der Waals surface area contributed by atoms with Crippen LogP contribution in [0.2, 0.25) is 0 Å². The highest BCUT2D eigenvalue weighted by molar-refractivity contribution is 9.10. The van der Waals surface area contributed by atoms with Gasteiger partial charge in [-0.15, -0.1) is 0 Å². The summed E-state index contributed by atoms with van der Waals surface area (Å²) in [5, 5.41) is 20.3. The Morgan fingerprint density at radius 2 is 1.79 bits per heavy atom. The third kappa shape index (κ3) is 3.62. The molecule has 0 spiro atoms. The van der Waals surface area contributed by atoms with E-state index in [1.807, 2.05) is 36.4 Å². The second-order valence-electron chi connectivity index (χ2n) is 6.31. The first-order valence-corrected chi connectivity index (χ1v) is 9.44. The van der Waals surface area contributed by atoms with E-state index in [1.54, 1.807) is 24.3 Å². The molecular formula is C22H17BrN2O3. The van der Waals surface area contributed by atoms with Crippen molar-refractivity contribution in [2.45, 2.75) is 19.9 Å². The lowest BCUT2D eigenvalue weighted by molar-refractivity contribution is 0.103. The van der Waals surface area contributed by atoms with Gasteiger partial charge in [-0.05, 0) is 36.6 Å². The second-order valence-corrected chi connectivity index (χ2v) is 7.17. The number of ketones is 1. The van der Waals surface area contributed by atoms with Gasteiger partial charge in [0, 0.05) is 16.6 Å². The first-order chi connectivity index (χ1) is 13.5. The minimum absolute atomic E-state index is 0.0314. The van der Waals surface area contributed by atoms with Gasteiger partial charge in [0.25, 0.3) is 5.56 Å². The number of aromatic hydroxyl groups is 1. The largest absolute Gasteiger partial charge is 0.494 e. The molecule has 3 rings (SSSR count). The van der Waals surface area contributed by atoms with Crippen LogP contribution in [0.15, 0.2) is 63.9 Å². The Morgan fingerprint density at radius 3 is 2.43 bits per heavy atom. The predicted octanol–water partition coefficient (Wildman–Crippen LogP) is 3.97. The quantitative estimate of drug-likeness (QED) is 0.613. The van der Waals surface area contributed by atoms with Gasteiger partial charge in [0.05, 0.1) is 5.56 Å². The Hall–Kier alpha value is -3.17. The first kappa shape index (κ1) is 19.6. The van der Waals surface area contributed by atoms with E-state index in [0.29, 0.717) is 16.5 Å². The molecule has 0 unspecified atom stereocenters. The Balaban J connectivity index is 2.13. The van der Waals surface area contributed by atoms with Crippen molar-refractivity contribution in [3.8, 4) is 11.9 Å². The van der Waals surface area contributed by atoms with Crippen LogP contribution in [0.5, 0.6) is 5.88 Å². The van der Waals surface area contributed by atoms with Crippen molar-refractivity contribution in [2.75, 3.05) is 0 Å². The fourth-order valence-electron chi connectivity index (χ4n) is 3.10. The van der Waals surface area contributed by atoms with Gasteiger partial charge in [-0.2, -0.15) is 5.26 Å². The van der Waals surface area contributed by atoms with Crippen LogP contribution in [0.25, 0.3) is 0 Å². The number of aromatic nitrogens is 1. The SMILES string of the molecule is Cc1c(C(=O)c2ccccc2Br)c(O)n(CCc2ccccc2)c(=O)c1C#N. The average molecular weight is 437 g/mol. The third-order valence-electron chi connectivity index (χ3n) is 4.61. The zero-order chi connectivity index (χ0) is 20.3. The van der Waals surface area contributed by atoms with Crippen LogP contribution in [0.3, 0.4) is 0 Å². The summed E-state index contributed by atoms with van der Waals surface area (Å²) in [5.74, 6) is -0.870. The Bertz CT molecular complexity index is 1140. The summed E-state index contributed by atoms with van der Waals surface area (Å²) in [5.41, 5.74) is 0.737. The number of hydrogen-bond donors (Lipinski definition) is 1. The molecule has 0 fully saturated rings. The van der Waals surface area contributed by atoms with Gasteiger partial charge in [0.15, 0.2) is 5.78 Å². The van der Waals surface area contributed by atoms with Crippen LogP contribution >= 0.6 is 15.9 Å². The van der Waals surface area contributed by atoms with Crippen molar-refractivity contribution in [1.82, 2.24) is 4.57 Å². The highest BCUT2D eigenvalue weighted by Crippen LogP contribution is 2.28. The maximum absolute atomic E-state index is 13.1. The fourth-order valence-corrected chi connectivity index (χ4v) is 3.56. The molecule has 6 heteroatoms. The molecule has 0 saturated heterocycles. The van der Waals surface area contributed by atoms with Crippen molar-refractivity contribution in [3.63, 3.8) is 0 Å². The number of benzene rings is 2. The van der Waals surface area contributed by atoms with E-state index >= 15 is 0 Å². The maximum Gasteiger partial charge on any atom is 0.271 e. The molecule has 0 bridgehead atoms. The molecule has 0 aliphatic heterocycles. The Labute approximate surface area is 170 Å². The molecule has 1 N–H and O–H groups in total. The first-order valence-electron chi connectivity index (χ1n) is 8.65. The Kier molecular flexibility index (Phi) is 5.76. The van der Waals surface area contributed by atoms with E-state index < -0.39 is 17.2 Å². The topological polar surface area (TPSA) is 83.1 Å². The van der Waals surface area contributed by atoms with Gasteiger partial charge in [0.2, 0.25) is 5.88 Å². The summed E-state index contributed by atoms with van der Waals surface area (Å²) in [6, 6.07) is 18.2. The molecule has 2 aromatic carbocycles. The van der Waals surface area contributed by atoms with Gasteiger partial charge >= 0.3 is 0 Å². The van der Waals surface area contributed by atoms with E-state index in [2.05, 4.69) is 15.9 Å². The molecule has 3 aromatic rings. The van der Waals surface area contributed by atoms with Crippen molar-refractivity contribution >= 4 is 21.7 Å². The fraction of sp³-hybridized carbons (Fsp3) is 0.136. The summed E-state index contributed by atoms with van der Waals surface area (Å²) < 4.78 is 1.67. The van der Waals surface area contributed by atoms with E-state index in [1.165, 1.54) is 6.92 Å². The lowest BCUT2D eigenvalue weighted by atomic mass is 9.97. The number of halogens is 1. The van der Waals surface area contributed by atoms with Gasteiger partial charge < -0.3 is 5.11 Å². The van der Waals surface area contributed by atoms with Crippen molar-refractivity contribution in [2.24, 2.45) is 0 Å². The number of aryl methyl sites for hydroxylation is 1. The summed E-state index contributed by atoms with van der Waals surface area (Å²) in [7, 11) is 0. The Morgan fingerprint density at radius 1 is 1.14 bits per heavy atom. The molecule has 0 aliphatic carbocycles. The van der Waals surface area contributed by atoms with E-state index in [9.17, 15) is 20.0 Å². The minimum atomic E-state index is -0.600. The van der Waals surface area contributed by atoms with Crippen LogP contribution in [0.4, 0.5) is 0 Å². The van der Waals surface area contributed by atoms with Crippen LogP contribution in [-0.4, -0.2) is 15.5 Å². The number of nitrogens with zero attached hydrogens (tertiary/aromatic N) is 2. The molecule has 28 heavy (non-hydrogen) atoms. The smallest absolute Gasteiger partial charge is 0.271 e. The third-order valence-corrected chi connectivity index (χ3v) is 5.30. The number of pyridine rings is 1. The van der Waals surface area contributed by atoms with Gasteiger partial charge in [-0.25, -0.2) is 0 Å². The highest BCUT2D eigenvalue weighted by atomic mass is 79.9. The lowest BCUT2D eigenvalue weighted by Crippen LogP contribution is -2.27. The zero-order valence-electron chi connectivity index (χ0n) is 15.1. The second kappa shape index (κ2) is 8.24. The van der Waals surface area contributed by atoms with Crippen LogP contribution in [0.1, 0.15) is 32.6 Å². The van der Waals surface area contributed by atoms with Crippen LogP contribution in [-0.2, 0) is 13.0 Å². The van der Waals surface area contributed by atoms with E-state index in [4.69, 9.17) is 0 Å². The number of hydrogen-bond acceptors (Lipinski definition) is 4. The lowest BCUT2D eigenvalue weighted by Gasteiger charge is -2.16. The monoisotopic (exact) mass is 436 g/mol. The maximum atomic E-state index is 13.1. The normalized spacial score (nSPS) is 10.5. The van der Waals surface area contributed by atoms with Gasteiger partial charge in [-0.3, -0.25) is 14.2 Å². The molecule has 0 radical (unpaired) electrons. The van der Waals surface area contributed by atoms with Crippen LogP contribution < -0.4 is 5.56 Å². The molecular weight excluding hydrogens is 420 g/mol. The summed E-state index contributed by atoms with van der Waals surface area (Å²) >= 11 is 3.34. The molecule has 140 valence electrons. The van der Waals surface area contributed by atoms with E-state index in [-0.39, 0.29) is 23.2 Å². The molecule has 0 atom stereocenters. The van der Waals surface area contributed by atoms with Crippen molar-refractivity contribution < 1.29 is 9.90 Å². The standard InChI is InChI=1S/C22H17BrN2O3/c1-14-17(13-24)21(27)25(12-11-15-7-3-2-4-8-15)22(28)19(14)20(26)16-9-5-6-10-18(16)23/h2-10,28H,11-12H2,1H3. The summed E-state index contributed by atoms with van der Waals surface area (Å²) in [6.07, 6.45) is 0.477. The van der Waals surface area contributed by atoms with Gasteiger partial charge in [-0.1, -0.05) is 58.4 Å². The van der Waals surface area contributed by atoms with Crippen LogP contribution in [0, 0.1) is 18.3 Å². The molecule has 0 saturated carbocycles. The van der Waals surface area contributed by atoms with Crippen molar-refractivity contribution in [3.05, 3.63) is 97.2 Å². The number of nitriles is 1.